The molecule has 1 heterocycles. The fourth-order valence-corrected chi connectivity index (χ4v) is 2.93. The normalized spacial score (nSPS) is 16.6. The molecule has 1 aliphatic carbocycles. The lowest BCUT2D eigenvalue weighted by atomic mass is 9.98. The molecule has 22 heavy (non-hydrogen) atoms. The highest BCUT2D eigenvalue weighted by Crippen LogP contribution is 2.29. The molecule has 1 aromatic carbocycles. The second-order valence-electron chi connectivity index (χ2n) is 5.92. The number of aromatic nitrogens is 3. The van der Waals surface area contributed by atoms with Gasteiger partial charge >= 0.3 is 0 Å². The Morgan fingerprint density at radius 1 is 1.32 bits per heavy atom. The summed E-state index contributed by atoms with van der Waals surface area (Å²) in [5.41, 5.74) is 0.991. The largest absolute Gasteiger partial charge is 0.394 e. The van der Waals surface area contributed by atoms with E-state index in [0.717, 1.165) is 37.1 Å². The van der Waals surface area contributed by atoms with Gasteiger partial charge in [-0.05, 0) is 31.9 Å². The number of benzene rings is 1. The van der Waals surface area contributed by atoms with Gasteiger partial charge in [0, 0.05) is 11.1 Å². The molecule has 3 rings (SSSR count). The van der Waals surface area contributed by atoms with Gasteiger partial charge in [-0.1, -0.05) is 25.0 Å². The summed E-state index contributed by atoms with van der Waals surface area (Å²) in [7, 11) is 0. The molecule has 6 heteroatoms. The molecule has 0 radical (unpaired) electrons. The molecule has 1 fully saturated rings. The standard InChI is InChI=1S/C16H20N4O2/c1-11-17-14(20-19-11)12-4-6-13(7-5-12)15(22)18-16(10-21)8-2-3-9-16/h4-7,21H,2-3,8-10H2,1H3,(H,18,22)(H,17,19,20). The minimum atomic E-state index is -0.448. The Labute approximate surface area is 129 Å². The average Bonchev–Trinajstić information content (AvgIpc) is 3.17. The van der Waals surface area contributed by atoms with Crippen molar-refractivity contribution < 1.29 is 9.90 Å². The Morgan fingerprint density at radius 3 is 2.55 bits per heavy atom. The maximum Gasteiger partial charge on any atom is 0.251 e. The van der Waals surface area contributed by atoms with Crippen LogP contribution in [-0.2, 0) is 0 Å². The first-order valence-electron chi connectivity index (χ1n) is 7.55. The molecule has 1 aromatic heterocycles. The minimum Gasteiger partial charge on any atom is -0.394 e. The third kappa shape index (κ3) is 2.87. The van der Waals surface area contributed by atoms with Crippen LogP contribution in [-0.4, -0.2) is 38.3 Å². The zero-order valence-corrected chi connectivity index (χ0v) is 12.6. The highest BCUT2D eigenvalue weighted by molar-refractivity contribution is 5.95. The van der Waals surface area contributed by atoms with Crippen molar-refractivity contribution in [2.45, 2.75) is 38.1 Å². The number of aromatic amines is 1. The van der Waals surface area contributed by atoms with E-state index in [-0.39, 0.29) is 12.5 Å². The number of carbonyl (C=O) groups excluding carboxylic acids is 1. The maximum atomic E-state index is 12.4. The Hall–Kier alpha value is -2.21. The van der Waals surface area contributed by atoms with Crippen molar-refractivity contribution in [1.82, 2.24) is 20.5 Å². The van der Waals surface area contributed by atoms with Crippen LogP contribution in [0.25, 0.3) is 11.4 Å². The van der Waals surface area contributed by atoms with Crippen LogP contribution in [0.5, 0.6) is 0 Å². The number of amides is 1. The van der Waals surface area contributed by atoms with E-state index in [2.05, 4.69) is 20.5 Å². The number of aryl methyl sites for hydroxylation is 1. The summed E-state index contributed by atoms with van der Waals surface area (Å²) in [5.74, 6) is 1.23. The van der Waals surface area contributed by atoms with Crippen LogP contribution in [0.1, 0.15) is 41.9 Å². The van der Waals surface area contributed by atoms with Gasteiger partial charge in [-0.15, -0.1) is 0 Å². The molecule has 1 aliphatic rings. The number of carbonyl (C=O) groups is 1. The Bertz CT molecular complexity index is 657. The van der Waals surface area contributed by atoms with Gasteiger partial charge in [-0.25, -0.2) is 4.98 Å². The molecule has 0 spiro atoms. The number of hydrogen-bond acceptors (Lipinski definition) is 4. The Balaban J connectivity index is 1.73. The van der Waals surface area contributed by atoms with Gasteiger partial charge in [-0.2, -0.15) is 5.10 Å². The molecule has 0 saturated heterocycles. The predicted octanol–water partition coefficient (Wildman–Crippen LogP) is 1.82. The van der Waals surface area contributed by atoms with E-state index >= 15 is 0 Å². The molecule has 6 nitrogen and oxygen atoms in total. The van der Waals surface area contributed by atoms with E-state index in [1.54, 1.807) is 12.1 Å². The first-order valence-corrected chi connectivity index (χ1v) is 7.55. The molecular formula is C16H20N4O2. The lowest BCUT2D eigenvalue weighted by molar-refractivity contribution is 0.0838. The molecule has 1 saturated carbocycles. The van der Waals surface area contributed by atoms with Crippen molar-refractivity contribution >= 4 is 5.91 Å². The van der Waals surface area contributed by atoms with Gasteiger partial charge in [0.2, 0.25) is 0 Å². The van der Waals surface area contributed by atoms with Crippen molar-refractivity contribution in [3.63, 3.8) is 0 Å². The van der Waals surface area contributed by atoms with Crippen LogP contribution in [0.2, 0.25) is 0 Å². The molecule has 0 unspecified atom stereocenters. The first-order chi connectivity index (χ1) is 10.6. The number of hydrogen-bond donors (Lipinski definition) is 3. The van der Waals surface area contributed by atoms with Crippen molar-refractivity contribution in [2.24, 2.45) is 0 Å². The predicted molar refractivity (Wildman–Crippen MR) is 82.3 cm³/mol. The minimum absolute atomic E-state index is 0.00666. The third-order valence-corrected chi connectivity index (χ3v) is 4.24. The first kappa shape index (κ1) is 14.7. The van der Waals surface area contributed by atoms with E-state index in [9.17, 15) is 9.90 Å². The van der Waals surface area contributed by atoms with Crippen LogP contribution < -0.4 is 5.32 Å². The third-order valence-electron chi connectivity index (χ3n) is 4.24. The van der Waals surface area contributed by atoms with Crippen LogP contribution in [0, 0.1) is 6.92 Å². The molecule has 2 aromatic rings. The van der Waals surface area contributed by atoms with Crippen molar-refractivity contribution in [2.75, 3.05) is 6.61 Å². The van der Waals surface area contributed by atoms with Gasteiger partial charge in [0.05, 0.1) is 12.1 Å². The molecular weight excluding hydrogens is 280 g/mol. The highest BCUT2D eigenvalue weighted by atomic mass is 16.3. The van der Waals surface area contributed by atoms with E-state index < -0.39 is 5.54 Å². The van der Waals surface area contributed by atoms with Crippen LogP contribution in [0.3, 0.4) is 0 Å². The van der Waals surface area contributed by atoms with Gasteiger partial charge in [0.1, 0.15) is 5.82 Å². The number of H-pyrrole nitrogens is 1. The van der Waals surface area contributed by atoms with E-state index in [1.807, 2.05) is 19.1 Å². The number of rotatable bonds is 4. The van der Waals surface area contributed by atoms with Crippen molar-refractivity contribution in [3.05, 3.63) is 35.7 Å². The smallest absolute Gasteiger partial charge is 0.251 e. The summed E-state index contributed by atoms with van der Waals surface area (Å²) < 4.78 is 0. The molecule has 0 atom stereocenters. The number of nitrogens with one attached hydrogen (secondary N) is 2. The Morgan fingerprint density at radius 2 is 2.00 bits per heavy atom. The van der Waals surface area contributed by atoms with E-state index in [1.165, 1.54) is 0 Å². The topological polar surface area (TPSA) is 90.9 Å². The fourth-order valence-electron chi connectivity index (χ4n) is 2.93. The molecule has 1 amide bonds. The average molecular weight is 300 g/mol. The van der Waals surface area contributed by atoms with E-state index in [4.69, 9.17) is 0 Å². The summed E-state index contributed by atoms with van der Waals surface area (Å²) in [6.07, 6.45) is 3.77. The number of aliphatic hydroxyl groups excluding tert-OH is 1. The summed E-state index contributed by atoms with van der Waals surface area (Å²) >= 11 is 0. The van der Waals surface area contributed by atoms with Gasteiger partial charge in [0.25, 0.3) is 5.91 Å². The number of nitrogens with zero attached hydrogens (tertiary/aromatic N) is 2. The lowest BCUT2D eigenvalue weighted by Gasteiger charge is -2.28. The molecule has 0 bridgehead atoms. The van der Waals surface area contributed by atoms with Gasteiger partial charge in [0.15, 0.2) is 5.82 Å². The number of aliphatic hydroxyl groups is 1. The van der Waals surface area contributed by atoms with Crippen molar-refractivity contribution in [3.8, 4) is 11.4 Å². The summed E-state index contributed by atoms with van der Waals surface area (Å²) in [6, 6.07) is 7.18. The second-order valence-corrected chi connectivity index (χ2v) is 5.92. The van der Waals surface area contributed by atoms with Crippen LogP contribution >= 0.6 is 0 Å². The summed E-state index contributed by atoms with van der Waals surface area (Å²) in [4.78, 5) is 16.6. The molecule has 0 aliphatic heterocycles. The molecule has 116 valence electrons. The molecule has 3 N–H and O–H groups in total. The second kappa shape index (κ2) is 5.88. The van der Waals surface area contributed by atoms with Crippen LogP contribution in [0.15, 0.2) is 24.3 Å². The summed E-state index contributed by atoms with van der Waals surface area (Å²) in [6.45, 7) is 1.83. The lowest BCUT2D eigenvalue weighted by Crippen LogP contribution is -2.49. The highest BCUT2D eigenvalue weighted by Gasteiger charge is 2.34. The van der Waals surface area contributed by atoms with Crippen molar-refractivity contribution in [1.29, 1.82) is 0 Å². The zero-order valence-electron chi connectivity index (χ0n) is 12.6. The van der Waals surface area contributed by atoms with Gasteiger partial charge in [-0.3, -0.25) is 9.89 Å². The van der Waals surface area contributed by atoms with E-state index in [0.29, 0.717) is 11.4 Å². The Kier molecular flexibility index (Phi) is 3.94. The van der Waals surface area contributed by atoms with Gasteiger partial charge < -0.3 is 10.4 Å². The summed E-state index contributed by atoms with van der Waals surface area (Å²) in [5, 5.41) is 19.5. The zero-order chi connectivity index (χ0) is 15.6. The monoisotopic (exact) mass is 300 g/mol. The van der Waals surface area contributed by atoms with Crippen LogP contribution in [0.4, 0.5) is 0 Å². The fraction of sp³-hybridized carbons (Fsp3) is 0.438. The SMILES string of the molecule is Cc1nc(-c2ccc(C(=O)NC3(CO)CCCC3)cc2)n[nH]1. The maximum absolute atomic E-state index is 12.4. The quantitative estimate of drug-likeness (QED) is 0.803.